The number of carbonyl (C=O) groups excluding carboxylic acids is 2. The van der Waals surface area contributed by atoms with Crippen LogP contribution < -0.4 is 0 Å². The summed E-state index contributed by atoms with van der Waals surface area (Å²) in [5.74, 6) is 0.258. The summed E-state index contributed by atoms with van der Waals surface area (Å²) in [6.45, 7) is 23.0. The van der Waals surface area contributed by atoms with Gasteiger partial charge in [-0.25, -0.2) is 9.59 Å². The van der Waals surface area contributed by atoms with Crippen LogP contribution in [-0.2, 0) is 23.8 Å². The van der Waals surface area contributed by atoms with E-state index in [4.69, 9.17) is 14.2 Å². The summed E-state index contributed by atoms with van der Waals surface area (Å²) in [4.78, 5) is 25.9. The number of aliphatic hydroxyl groups is 2. The van der Waals surface area contributed by atoms with Gasteiger partial charge in [-0.3, -0.25) is 0 Å². The number of hydrogen-bond donors (Lipinski definition) is 2. The molecule has 2 N–H and O–H groups in total. The van der Waals surface area contributed by atoms with E-state index in [2.05, 4.69) is 27.0 Å². The average Bonchev–Trinajstić information content (AvgIpc) is 2.83. The number of rotatable bonds is 9. The van der Waals surface area contributed by atoms with Crippen LogP contribution in [0.15, 0.2) is 24.3 Å². The van der Waals surface area contributed by atoms with Crippen LogP contribution in [0.2, 0.25) is 0 Å². The molecule has 0 saturated heterocycles. The van der Waals surface area contributed by atoms with Gasteiger partial charge in [-0.05, 0) is 144 Å². The Balaban J connectivity index is 1.38. The highest BCUT2D eigenvalue weighted by atomic mass is 16.6. The average molecular weight is 613 g/mol. The van der Waals surface area contributed by atoms with E-state index in [0.717, 1.165) is 38.5 Å². The van der Waals surface area contributed by atoms with E-state index in [1.165, 1.54) is 6.42 Å². The summed E-state index contributed by atoms with van der Waals surface area (Å²) in [6.07, 6.45) is 8.60. The molecule has 7 atom stereocenters. The fraction of sp³-hybridized carbons (Fsp3) is 0.838. The summed E-state index contributed by atoms with van der Waals surface area (Å²) in [5, 5.41) is 23.8. The summed E-state index contributed by atoms with van der Waals surface area (Å²) in [5.41, 5.74) is -4.70. The minimum atomic E-state index is -1.16. The van der Waals surface area contributed by atoms with Gasteiger partial charge in [0.2, 0.25) is 0 Å². The van der Waals surface area contributed by atoms with Gasteiger partial charge in [0.1, 0.15) is 11.2 Å². The monoisotopic (exact) mass is 612 g/mol. The lowest BCUT2D eigenvalue weighted by atomic mass is 9.36. The smallest absolute Gasteiger partial charge is 0.333 e. The van der Waals surface area contributed by atoms with Crippen molar-refractivity contribution in [2.75, 3.05) is 0 Å². The predicted octanol–water partition coefficient (Wildman–Crippen LogP) is 6.59. The summed E-state index contributed by atoms with van der Waals surface area (Å²) in [6, 6.07) is 0. The molecule has 0 heterocycles. The van der Waals surface area contributed by atoms with E-state index >= 15 is 0 Å². The van der Waals surface area contributed by atoms with Crippen molar-refractivity contribution in [2.45, 2.75) is 160 Å². The minimum absolute atomic E-state index is 0.00888. The SMILES string of the molecule is C=C(C)C(=O)OC12CC3CC(C1)CC(C(C)(C)OC1C4CC5(OC(=O)C(=C)C)CC(C(C)(C)O)(C4)C[C@]1(C(C)(C)O)C5)(C3)C2. The van der Waals surface area contributed by atoms with Gasteiger partial charge in [0, 0.05) is 27.4 Å². The molecule has 8 rings (SSSR count). The van der Waals surface area contributed by atoms with Crippen molar-refractivity contribution in [2.24, 2.45) is 34.0 Å². The van der Waals surface area contributed by atoms with Gasteiger partial charge in [0.25, 0.3) is 0 Å². The Kier molecular flexibility index (Phi) is 6.92. The molecular formula is C37H56O7. The lowest BCUT2D eigenvalue weighted by molar-refractivity contribution is -0.353. The molecule has 0 aromatic rings. The molecule has 8 aliphatic carbocycles. The molecule has 7 heteroatoms. The van der Waals surface area contributed by atoms with Crippen LogP contribution in [0.25, 0.3) is 0 Å². The van der Waals surface area contributed by atoms with Crippen LogP contribution in [-0.4, -0.2) is 56.3 Å². The van der Waals surface area contributed by atoms with Crippen LogP contribution in [0.5, 0.6) is 0 Å². The summed E-state index contributed by atoms with van der Waals surface area (Å²) in [7, 11) is 0. The first-order valence-corrected chi connectivity index (χ1v) is 16.9. The second kappa shape index (κ2) is 9.44. The Labute approximate surface area is 264 Å². The Hall–Kier alpha value is -1.70. The van der Waals surface area contributed by atoms with E-state index in [9.17, 15) is 19.8 Å². The van der Waals surface area contributed by atoms with Crippen LogP contribution in [0.1, 0.15) is 126 Å². The molecule has 0 aliphatic heterocycles. The molecule has 8 fully saturated rings. The lowest BCUT2D eigenvalue weighted by Crippen LogP contribution is -2.76. The second-order valence-corrected chi connectivity index (χ2v) is 18.2. The van der Waals surface area contributed by atoms with Crippen molar-refractivity contribution in [1.82, 2.24) is 0 Å². The van der Waals surface area contributed by atoms with Crippen molar-refractivity contribution >= 4 is 11.9 Å². The third-order valence-corrected chi connectivity index (χ3v) is 13.7. The second-order valence-electron chi connectivity index (χ2n) is 18.2. The first-order chi connectivity index (χ1) is 20.0. The Morgan fingerprint density at radius 2 is 1.20 bits per heavy atom. The largest absolute Gasteiger partial charge is 0.456 e. The van der Waals surface area contributed by atoms with Crippen molar-refractivity contribution in [3.05, 3.63) is 24.3 Å². The van der Waals surface area contributed by atoms with Gasteiger partial charge >= 0.3 is 11.9 Å². The summed E-state index contributed by atoms with van der Waals surface area (Å²) >= 11 is 0. The first kappa shape index (κ1) is 32.2. The van der Waals surface area contributed by atoms with Crippen molar-refractivity contribution in [3.63, 3.8) is 0 Å². The molecule has 7 nitrogen and oxygen atoms in total. The molecule has 0 aromatic carbocycles. The number of hydrogen-bond acceptors (Lipinski definition) is 7. The maximum absolute atomic E-state index is 13.0. The lowest BCUT2D eigenvalue weighted by Gasteiger charge is -2.74. The first-order valence-electron chi connectivity index (χ1n) is 16.9. The highest BCUT2D eigenvalue weighted by molar-refractivity contribution is 5.87. The van der Waals surface area contributed by atoms with Gasteiger partial charge in [0.15, 0.2) is 0 Å². The Bertz CT molecular complexity index is 1270. The van der Waals surface area contributed by atoms with Gasteiger partial charge < -0.3 is 24.4 Å². The number of ether oxygens (including phenoxy) is 3. The van der Waals surface area contributed by atoms with Crippen LogP contribution in [0, 0.1) is 34.0 Å². The van der Waals surface area contributed by atoms with E-state index in [0.29, 0.717) is 48.7 Å². The number of carbonyl (C=O) groups is 2. The normalized spacial score (nSPS) is 44.0. The molecule has 8 aliphatic rings. The zero-order chi connectivity index (χ0) is 32.5. The fourth-order valence-electron chi connectivity index (χ4n) is 12.0. The van der Waals surface area contributed by atoms with Gasteiger partial charge in [-0.2, -0.15) is 0 Å². The zero-order valence-corrected chi connectivity index (χ0v) is 28.4. The summed E-state index contributed by atoms with van der Waals surface area (Å²) < 4.78 is 20.1. The van der Waals surface area contributed by atoms with Crippen molar-refractivity contribution < 1.29 is 34.0 Å². The molecule has 6 unspecified atom stereocenters. The van der Waals surface area contributed by atoms with Gasteiger partial charge in [-0.1, -0.05) is 13.2 Å². The molecular weight excluding hydrogens is 556 g/mol. The Morgan fingerprint density at radius 3 is 1.70 bits per heavy atom. The van der Waals surface area contributed by atoms with E-state index in [-0.39, 0.29) is 23.4 Å². The van der Waals surface area contributed by atoms with Gasteiger partial charge in [0.05, 0.1) is 22.9 Å². The topological polar surface area (TPSA) is 102 Å². The maximum Gasteiger partial charge on any atom is 0.333 e. The number of esters is 2. The van der Waals surface area contributed by atoms with Crippen LogP contribution >= 0.6 is 0 Å². The van der Waals surface area contributed by atoms with Crippen LogP contribution in [0.4, 0.5) is 0 Å². The van der Waals surface area contributed by atoms with E-state index in [1.807, 2.05) is 27.7 Å². The predicted molar refractivity (Wildman–Crippen MR) is 167 cm³/mol. The van der Waals surface area contributed by atoms with E-state index in [1.54, 1.807) is 13.8 Å². The molecule has 8 saturated carbocycles. The molecule has 8 bridgehead atoms. The van der Waals surface area contributed by atoms with Crippen LogP contribution in [0.3, 0.4) is 0 Å². The molecule has 246 valence electrons. The quantitative estimate of drug-likeness (QED) is 0.224. The molecule has 0 spiro atoms. The highest BCUT2D eigenvalue weighted by Crippen LogP contribution is 2.74. The zero-order valence-electron chi connectivity index (χ0n) is 28.4. The maximum atomic E-state index is 13.0. The van der Waals surface area contributed by atoms with Gasteiger partial charge in [-0.15, -0.1) is 0 Å². The minimum Gasteiger partial charge on any atom is -0.456 e. The standard InChI is InChI=1S/C37H56O7/c1-22(2)28(38)43-35-14-24-11-25(15-35)13-33(12-24,18-35)32(9,10)42-27-26-16-34(30(5,6)40)19-36(17-26,44-29(39)23(3)4)21-37(27,20-34)31(7,8)41/h24-27,40-41H,1,3,11-21H2,2,4-10H3/t24?,25?,26?,27?,33?,34?,35?,36?,37-/m0/s1. The van der Waals surface area contributed by atoms with Crippen molar-refractivity contribution in [1.29, 1.82) is 0 Å². The molecule has 44 heavy (non-hydrogen) atoms. The third kappa shape index (κ3) is 4.60. The molecule has 0 aromatic heterocycles. The molecule has 0 radical (unpaired) electrons. The van der Waals surface area contributed by atoms with Crippen molar-refractivity contribution in [3.8, 4) is 0 Å². The fourth-order valence-corrected chi connectivity index (χ4v) is 12.0. The van der Waals surface area contributed by atoms with E-state index < -0.39 is 44.8 Å². The third-order valence-electron chi connectivity index (χ3n) is 13.7. The Morgan fingerprint density at radius 1 is 0.682 bits per heavy atom. The molecule has 0 amide bonds. The highest BCUT2D eigenvalue weighted by Gasteiger charge is 2.76.